The summed E-state index contributed by atoms with van der Waals surface area (Å²) in [5.74, 6) is -0.452. The molecule has 0 aliphatic heterocycles. The first-order chi connectivity index (χ1) is 8.40. The van der Waals surface area contributed by atoms with Gasteiger partial charge in [-0.05, 0) is 0 Å². The Morgan fingerprint density at radius 2 is 2.28 bits per heavy atom. The molecule has 0 spiro atoms. The van der Waals surface area contributed by atoms with Crippen LogP contribution in [0.25, 0.3) is 10.4 Å². The van der Waals surface area contributed by atoms with E-state index in [4.69, 9.17) is 10.8 Å². The van der Waals surface area contributed by atoms with Gasteiger partial charge in [0.15, 0.2) is 0 Å². The fourth-order valence-electron chi connectivity index (χ4n) is 1.17. The molecule has 0 aromatic heterocycles. The molecule has 0 saturated heterocycles. The second kappa shape index (κ2) is 5.72. The molecule has 18 heavy (non-hydrogen) atoms. The number of anilines is 1. The van der Waals surface area contributed by atoms with Crippen molar-refractivity contribution in [3.63, 3.8) is 0 Å². The number of hydrogen-bond donors (Lipinski definition) is 3. The van der Waals surface area contributed by atoms with E-state index in [1.54, 1.807) is 0 Å². The minimum absolute atomic E-state index is 0.0468. The Morgan fingerprint density at radius 1 is 1.61 bits per heavy atom. The van der Waals surface area contributed by atoms with Gasteiger partial charge in [-0.2, -0.15) is 0 Å². The van der Waals surface area contributed by atoms with E-state index in [0.717, 1.165) is 12.1 Å². The molecule has 0 radical (unpaired) electrons. The number of hydrogen-bond acceptors (Lipinski definition) is 5. The Balaban J connectivity index is 3.33. The zero-order valence-corrected chi connectivity index (χ0v) is 11.0. The van der Waals surface area contributed by atoms with Crippen LogP contribution in [-0.4, -0.2) is 29.4 Å². The van der Waals surface area contributed by atoms with Crippen molar-refractivity contribution < 1.29 is 21.8 Å². The minimum atomic E-state index is -5.01. The van der Waals surface area contributed by atoms with Gasteiger partial charge in [0, 0.05) is 0 Å². The maximum atomic E-state index is 11.4. The molecule has 0 heterocycles. The van der Waals surface area contributed by atoms with E-state index in [2.05, 4.69) is 19.2 Å². The van der Waals surface area contributed by atoms with E-state index in [1.807, 2.05) is 0 Å². The molecule has 3 N–H and O–H groups in total. The first kappa shape index (κ1) is 14.3. The second-order valence-corrected chi connectivity index (χ2v) is 6.78. The summed E-state index contributed by atoms with van der Waals surface area (Å²) in [6.45, 7) is 1.22. The van der Waals surface area contributed by atoms with Crippen LogP contribution in [0.4, 0.5) is 11.4 Å². The number of carbonyl (C=O) groups excluding carboxylic acids is 1. The summed E-state index contributed by atoms with van der Waals surface area (Å²) in [4.78, 5) is 13.5. The maximum absolute atomic E-state index is 11.4. The number of nitrogens with one attached hydrogen (secondary N) is 1. The van der Waals surface area contributed by atoms with Gasteiger partial charge in [0.1, 0.15) is 0 Å². The third-order valence-electron chi connectivity index (χ3n) is 1.88. The van der Waals surface area contributed by atoms with Crippen LogP contribution in [0.3, 0.4) is 0 Å². The summed E-state index contributed by atoms with van der Waals surface area (Å²) >= 11 is -5.01. The van der Waals surface area contributed by atoms with Gasteiger partial charge in [-0.15, -0.1) is 0 Å². The topological polar surface area (TPSA) is 145 Å². The molecule has 1 atom stereocenters. The van der Waals surface area contributed by atoms with Crippen LogP contribution in [0.1, 0.15) is 6.92 Å². The van der Waals surface area contributed by atoms with Crippen molar-refractivity contribution in [3.8, 4) is 0 Å². The Bertz CT molecular complexity index is 569. The van der Waals surface area contributed by atoms with Gasteiger partial charge in [-0.1, -0.05) is 0 Å². The van der Waals surface area contributed by atoms with Gasteiger partial charge in [-0.25, -0.2) is 0 Å². The zero-order chi connectivity index (χ0) is 13.8. The number of nitrogens with zero attached hydrogens (tertiary/aromatic N) is 3. The van der Waals surface area contributed by atoms with Crippen LogP contribution in [0, 0.1) is 0 Å². The van der Waals surface area contributed by atoms with E-state index >= 15 is 0 Å². The molecule has 9 nitrogen and oxygen atoms in total. The Labute approximate surface area is 104 Å². The van der Waals surface area contributed by atoms with Crippen LogP contribution >= 0.6 is 0 Å². The summed E-state index contributed by atoms with van der Waals surface area (Å²) < 4.78 is 24.1. The summed E-state index contributed by atoms with van der Waals surface area (Å²) in [7, 11) is 0. The molecule has 0 saturated carbocycles. The third kappa shape index (κ3) is 3.36. The molecule has 0 bridgehead atoms. The Hall–Kier alpha value is -1.76. The number of carbonyl (C=O) groups is 1. The van der Waals surface area contributed by atoms with E-state index < -0.39 is 20.1 Å². The van der Waals surface area contributed by atoms with Crippen LogP contribution < -0.4 is 9.67 Å². The van der Waals surface area contributed by atoms with Crippen molar-refractivity contribution >= 4 is 35.8 Å². The SMILES string of the molecule is CC(=O)Nc1cc([As](=O)(O)OO)ccc1N=[N+]=[N-]. The van der Waals surface area contributed by atoms with Gasteiger partial charge >= 0.3 is 104 Å². The van der Waals surface area contributed by atoms with Crippen molar-refractivity contribution in [3.05, 3.63) is 28.6 Å². The van der Waals surface area contributed by atoms with Gasteiger partial charge < -0.3 is 0 Å². The fourth-order valence-corrected chi connectivity index (χ4v) is 2.53. The predicted molar refractivity (Wildman–Crippen MR) is 61.6 cm³/mol. The summed E-state index contributed by atoms with van der Waals surface area (Å²) in [5, 5.41) is 14.0. The Morgan fingerprint density at radius 3 is 2.78 bits per heavy atom. The predicted octanol–water partition coefficient (Wildman–Crippen LogP) is 0.645. The quantitative estimate of drug-likeness (QED) is 0.186. The number of azide groups is 1. The molecule has 1 unspecified atom stereocenters. The zero-order valence-electron chi connectivity index (χ0n) is 9.14. The second-order valence-electron chi connectivity index (χ2n) is 3.17. The van der Waals surface area contributed by atoms with Crippen molar-refractivity contribution in [1.29, 1.82) is 0 Å². The van der Waals surface area contributed by atoms with Crippen LogP contribution in [0.5, 0.6) is 0 Å². The summed E-state index contributed by atoms with van der Waals surface area (Å²) in [5.41, 5.74) is 8.45. The van der Waals surface area contributed by atoms with Crippen molar-refractivity contribution in [2.75, 3.05) is 5.32 Å². The summed E-state index contributed by atoms with van der Waals surface area (Å²) in [6, 6.07) is 3.48. The van der Waals surface area contributed by atoms with Gasteiger partial charge in [0.2, 0.25) is 0 Å². The van der Waals surface area contributed by atoms with Crippen molar-refractivity contribution in [2.24, 2.45) is 5.11 Å². The number of rotatable bonds is 4. The van der Waals surface area contributed by atoms with E-state index in [0.29, 0.717) is 0 Å². The first-order valence-corrected chi connectivity index (χ1v) is 7.85. The molecule has 1 rings (SSSR count). The normalized spacial score (nSPS) is 13.3. The molecule has 1 amide bonds. The fraction of sp³-hybridized carbons (Fsp3) is 0.125. The molecular formula is C8H9AsN4O5. The number of benzene rings is 1. The molecule has 0 aliphatic rings. The average Bonchev–Trinajstić information content (AvgIpc) is 2.31. The van der Waals surface area contributed by atoms with Crippen LogP contribution in [0.15, 0.2) is 23.3 Å². The van der Waals surface area contributed by atoms with Gasteiger partial charge in [0.25, 0.3) is 0 Å². The van der Waals surface area contributed by atoms with Crippen LogP contribution in [-0.2, 0) is 12.4 Å². The van der Waals surface area contributed by atoms with Gasteiger partial charge in [0.05, 0.1) is 0 Å². The molecular weight excluding hydrogens is 307 g/mol. The Kier molecular flexibility index (Phi) is 4.54. The molecule has 96 valence electrons. The third-order valence-corrected chi connectivity index (χ3v) is 4.30. The van der Waals surface area contributed by atoms with Gasteiger partial charge in [-0.3, -0.25) is 0 Å². The van der Waals surface area contributed by atoms with E-state index in [-0.39, 0.29) is 15.7 Å². The molecule has 10 heteroatoms. The van der Waals surface area contributed by atoms with Crippen molar-refractivity contribution in [1.82, 2.24) is 0 Å². The average molecular weight is 316 g/mol. The number of amides is 1. The van der Waals surface area contributed by atoms with E-state index in [9.17, 15) is 12.6 Å². The molecule has 1 aromatic rings. The monoisotopic (exact) mass is 316 g/mol. The van der Waals surface area contributed by atoms with Crippen LogP contribution in [0.2, 0.25) is 0 Å². The molecule has 0 aliphatic carbocycles. The first-order valence-electron chi connectivity index (χ1n) is 4.54. The van der Waals surface area contributed by atoms with Crippen molar-refractivity contribution in [2.45, 2.75) is 6.92 Å². The standard InChI is InChI=1S/C8H9AsN4O5/c1-5(14)11-8-4-6(9(15,16)18-17)2-3-7(8)12-13-10/h2-4,17H,1H3,(H,11,14)(H,15,16). The molecule has 1 aromatic carbocycles. The van der Waals surface area contributed by atoms with E-state index in [1.165, 1.54) is 13.0 Å². The molecule has 0 fully saturated rings. The summed E-state index contributed by atoms with van der Waals surface area (Å²) in [6.07, 6.45) is 0.